The Morgan fingerprint density at radius 1 is 1.05 bits per heavy atom. The molecule has 3 atom stereocenters. The molecule has 206 valence electrons. The Kier molecular flexibility index (Phi) is 6.07. The van der Waals surface area contributed by atoms with E-state index in [-0.39, 0.29) is 17.8 Å². The molecule has 5 heterocycles. The summed E-state index contributed by atoms with van der Waals surface area (Å²) in [7, 11) is 2.11. The number of likely N-dealkylation sites (N-methyl/N-ethyl adjacent to an activating group) is 1. The van der Waals surface area contributed by atoms with Crippen molar-refractivity contribution in [1.29, 1.82) is 0 Å². The highest BCUT2D eigenvalue weighted by atomic mass is 16.5. The van der Waals surface area contributed by atoms with Gasteiger partial charge in [0, 0.05) is 30.9 Å². The molecule has 3 saturated heterocycles. The standard InChI is InChI=1S/C30H32N6O4/c1-34-10-4-6-21(34)17-40-29-32-27-13-26(24-12-22(37)11-18-5-2-3-7-23(18)24)31-14-25(27)28(33-29)35-15-19-8-9-20(16-35)36(19)30(38)39/h2-3,5,7,11-14,19-21,37H,4,6,8-10,15-17H2,1H3,(H,38,39)/t19-,20+,21?. The second-order valence-electron chi connectivity index (χ2n) is 11.2. The smallest absolute Gasteiger partial charge is 0.407 e. The number of hydrogen-bond acceptors (Lipinski definition) is 8. The number of benzene rings is 2. The van der Waals surface area contributed by atoms with Crippen molar-refractivity contribution < 1.29 is 19.7 Å². The van der Waals surface area contributed by atoms with E-state index in [2.05, 4.69) is 16.8 Å². The maximum atomic E-state index is 11.9. The van der Waals surface area contributed by atoms with Crippen LogP contribution in [0.5, 0.6) is 11.8 Å². The monoisotopic (exact) mass is 540 g/mol. The van der Waals surface area contributed by atoms with E-state index < -0.39 is 6.09 Å². The molecule has 2 aromatic carbocycles. The summed E-state index contributed by atoms with van der Waals surface area (Å²) >= 11 is 0. The van der Waals surface area contributed by atoms with Gasteiger partial charge in [-0.2, -0.15) is 9.97 Å². The van der Waals surface area contributed by atoms with Crippen LogP contribution in [0.25, 0.3) is 32.9 Å². The zero-order valence-electron chi connectivity index (χ0n) is 22.4. The number of aromatic nitrogens is 3. The summed E-state index contributed by atoms with van der Waals surface area (Å²) in [6.45, 7) is 2.70. The molecule has 0 radical (unpaired) electrons. The molecule has 2 aromatic heterocycles. The van der Waals surface area contributed by atoms with E-state index in [1.165, 1.54) is 0 Å². The fourth-order valence-corrected chi connectivity index (χ4v) is 6.70. The average molecular weight is 541 g/mol. The van der Waals surface area contributed by atoms with E-state index in [1.54, 1.807) is 23.2 Å². The number of rotatable bonds is 5. The lowest BCUT2D eigenvalue weighted by atomic mass is 10.0. The Morgan fingerprint density at radius 3 is 2.60 bits per heavy atom. The van der Waals surface area contributed by atoms with Crippen molar-refractivity contribution in [2.24, 2.45) is 0 Å². The van der Waals surface area contributed by atoms with E-state index in [0.717, 1.165) is 59.8 Å². The van der Waals surface area contributed by atoms with Crippen molar-refractivity contribution in [2.75, 3.05) is 38.2 Å². The summed E-state index contributed by atoms with van der Waals surface area (Å²) in [6, 6.07) is 13.8. The molecule has 0 spiro atoms. The molecule has 3 aliphatic rings. The number of amides is 1. The van der Waals surface area contributed by atoms with Gasteiger partial charge in [0.1, 0.15) is 18.2 Å². The number of piperazine rings is 1. The summed E-state index contributed by atoms with van der Waals surface area (Å²) in [5.41, 5.74) is 2.22. The predicted molar refractivity (Wildman–Crippen MR) is 152 cm³/mol. The van der Waals surface area contributed by atoms with E-state index in [0.29, 0.717) is 43.0 Å². The van der Waals surface area contributed by atoms with Gasteiger partial charge in [-0.25, -0.2) is 4.79 Å². The summed E-state index contributed by atoms with van der Waals surface area (Å²) in [6.07, 6.45) is 4.86. The molecule has 10 heteroatoms. The lowest BCUT2D eigenvalue weighted by Crippen LogP contribution is -2.55. The molecule has 7 rings (SSSR count). The number of pyridine rings is 1. The van der Waals surface area contributed by atoms with Crippen molar-refractivity contribution in [3.05, 3.63) is 48.7 Å². The molecule has 0 aliphatic carbocycles. The number of likely N-dealkylation sites (tertiary alicyclic amines) is 1. The second-order valence-corrected chi connectivity index (χ2v) is 11.2. The highest BCUT2D eigenvalue weighted by Gasteiger charge is 2.43. The SMILES string of the molecule is CN1CCCC1COc1nc(N2C[C@H]3CC[C@@H](C2)N3C(=O)O)c2cnc(-c3cc(O)cc4ccccc34)cc2n1. The summed E-state index contributed by atoms with van der Waals surface area (Å²) in [5.74, 6) is 0.900. The Hall–Kier alpha value is -4.18. The van der Waals surface area contributed by atoms with Gasteiger partial charge in [-0.15, -0.1) is 0 Å². The molecule has 2 N–H and O–H groups in total. The molecular formula is C30H32N6O4. The molecule has 4 aromatic rings. The van der Waals surface area contributed by atoms with Crippen LogP contribution < -0.4 is 9.64 Å². The molecule has 1 amide bonds. The fourth-order valence-electron chi connectivity index (χ4n) is 6.70. The molecule has 3 aliphatic heterocycles. The van der Waals surface area contributed by atoms with Gasteiger partial charge in [0.25, 0.3) is 0 Å². The number of anilines is 1. The molecule has 10 nitrogen and oxygen atoms in total. The zero-order chi connectivity index (χ0) is 27.4. The van der Waals surface area contributed by atoms with Gasteiger partial charge in [0.15, 0.2) is 0 Å². The lowest BCUT2D eigenvalue weighted by molar-refractivity contribution is 0.114. The van der Waals surface area contributed by atoms with Crippen LogP contribution in [0.4, 0.5) is 10.6 Å². The summed E-state index contributed by atoms with van der Waals surface area (Å²) in [4.78, 5) is 32.5. The Balaban J connectivity index is 1.31. The first-order chi connectivity index (χ1) is 19.4. The minimum Gasteiger partial charge on any atom is -0.508 e. The van der Waals surface area contributed by atoms with Gasteiger partial charge in [0.2, 0.25) is 0 Å². The summed E-state index contributed by atoms with van der Waals surface area (Å²) < 4.78 is 6.21. The summed E-state index contributed by atoms with van der Waals surface area (Å²) in [5, 5.41) is 22.9. The molecule has 40 heavy (non-hydrogen) atoms. The first kappa shape index (κ1) is 24.8. The van der Waals surface area contributed by atoms with E-state index in [1.807, 2.05) is 30.3 Å². The number of phenols is 1. The molecule has 2 bridgehead atoms. The maximum Gasteiger partial charge on any atom is 0.407 e. The third-order valence-electron chi connectivity index (χ3n) is 8.74. The lowest BCUT2D eigenvalue weighted by Gasteiger charge is -2.40. The minimum absolute atomic E-state index is 0.0661. The third-order valence-corrected chi connectivity index (χ3v) is 8.74. The van der Waals surface area contributed by atoms with Gasteiger partial charge in [-0.05, 0) is 68.2 Å². The molecule has 1 unspecified atom stereocenters. The van der Waals surface area contributed by atoms with Crippen molar-refractivity contribution >= 4 is 33.6 Å². The number of ether oxygens (including phenoxy) is 1. The first-order valence-electron chi connectivity index (χ1n) is 13.9. The maximum absolute atomic E-state index is 11.9. The van der Waals surface area contributed by atoms with E-state index >= 15 is 0 Å². The molecular weight excluding hydrogens is 508 g/mol. The first-order valence-corrected chi connectivity index (χ1v) is 13.9. The quantitative estimate of drug-likeness (QED) is 0.381. The van der Waals surface area contributed by atoms with Gasteiger partial charge in [-0.3, -0.25) is 9.88 Å². The van der Waals surface area contributed by atoms with Crippen LogP contribution in [0.15, 0.2) is 48.7 Å². The van der Waals surface area contributed by atoms with E-state index in [4.69, 9.17) is 19.7 Å². The van der Waals surface area contributed by atoms with Crippen LogP contribution in [0.3, 0.4) is 0 Å². The van der Waals surface area contributed by atoms with Crippen molar-refractivity contribution in [1.82, 2.24) is 24.8 Å². The van der Waals surface area contributed by atoms with Crippen molar-refractivity contribution in [3.63, 3.8) is 0 Å². The van der Waals surface area contributed by atoms with Gasteiger partial charge in [-0.1, -0.05) is 24.3 Å². The Bertz CT molecular complexity index is 1600. The number of carbonyl (C=O) groups is 1. The molecule has 0 saturated carbocycles. The highest BCUT2D eigenvalue weighted by Crippen LogP contribution is 2.37. The highest BCUT2D eigenvalue weighted by molar-refractivity contribution is 5.99. The minimum atomic E-state index is -0.853. The number of carboxylic acid groups (broad SMARTS) is 1. The van der Waals surface area contributed by atoms with Crippen molar-refractivity contribution in [2.45, 2.75) is 43.8 Å². The fraction of sp³-hybridized carbons (Fsp3) is 0.400. The van der Waals surface area contributed by atoms with Gasteiger partial charge in [0.05, 0.1) is 28.7 Å². The molecule has 3 fully saturated rings. The van der Waals surface area contributed by atoms with Crippen LogP contribution in [0.2, 0.25) is 0 Å². The number of fused-ring (bicyclic) bond motifs is 4. The van der Waals surface area contributed by atoms with Crippen LogP contribution in [0, 0.1) is 0 Å². The van der Waals surface area contributed by atoms with Crippen LogP contribution in [-0.4, -0.2) is 92.5 Å². The topological polar surface area (TPSA) is 115 Å². The number of nitrogens with zero attached hydrogens (tertiary/aromatic N) is 6. The number of hydrogen-bond donors (Lipinski definition) is 2. The van der Waals surface area contributed by atoms with E-state index in [9.17, 15) is 15.0 Å². The number of phenolic OH excluding ortho intramolecular Hbond substituents is 1. The average Bonchev–Trinajstić information content (AvgIpc) is 3.49. The Morgan fingerprint density at radius 2 is 1.85 bits per heavy atom. The van der Waals surface area contributed by atoms with Crippen molar-refractivity contribution in [3.8, 4) is 23.0 Å². The van der Waals surface area contributed by atoms with Crippen LogP contribution in [0.1, 0.15) is 25.7 Å². The predicted octanol–water partition coefficient (Wildman–Crippen LogP) is 4.35. The Labute approximate surface area is 231 Å². The van der Waals surface area contributed by atoms with Gasteiger partial charge >= 0.3 is 12.1 Å². The van der Waals surface area contributed by atoms with Crippen LogP contribution in [-0.2, 0) is 0 Å². The van der Waals surface area contributed by atoms with Gasteiger partial charge < -0.3 is 24.7 Å². The second kappa shape index (κ2) is 9.78. The zero-order valence-corrected chi connectivity index (χ0v) is 22.4. The van der Waals surface area contributed by atoms with Crippen LogP contribution >= 0.6 is 0 Å². The number of aromatic hydroxyl groups is 1. The normalized spacial score (nSPS) is 22.9. The third kappa shape index (κ3) is 4.32. The largest absolute Gasteiger partial charge is 0.508 e.